The summed E-state index contributed by atoms with van der Waals surface area (Å²) in [6.07, 6.45) is 3.75. The molecule has 2 fully saturated rings. The lowest BCUT2D eigenvalue weighted by Crippen LogP contribution is -2.55. The van der Waals surface area contributed by atoms with E-state index in [2.05, 4.69) is 20.5 Å². The molecule has 2 saturated heterocycles. The molecular formula is C18H26N4O3. The van der Waals surface area contributed by atoms with Gasteiger partial charge in [-0.05, 0) is 40.2 Å². The van der Waals surface area contributed by atoms with Crippen molar-refractivity contribution in [1.82, 2.24) is 20.5 Å². The minimum absolute atomic E-state index is 0.0837. The van der Waals surface area contributed by atoms with Gasteiger partial charge in [0.1, 0.15) is 11.3 Å². The fourth-order valence-electron chi connectivity index (χ4n) is 3.96. The van der Waals surface area contributed by atoms with Crippen LogP contribution < -0.4 is 15.4 Å². The summed E-state index contributed by atoms with van der Waals surface area (Å²) in [6, 6.07) is -0.398. The summed E-state index contributed by atoms with van der Waals surface area (Å²) in [5.74, 6) is 0.740. The molecule has 0 saturated carbocycles. The van der Waals surface area contributed by atoms with Gasteiger partial charge in [-0.15, -0.1) is 0 Å². The maximum atomic E-state index is 12.2. The first-order chi connectivity index (χ1) is 11.8. The zero-order chi connectivity index (χ0) is 18.2. The highest BCUT2D eigenvalue weighted by Gasteiger charge is 2.48. The Morgan fingerprint density at radius 1 is 1.40 bits per heavy atom. The molecule has 3 amide bonds. The van der Waals surface area contributed by atoms with E-state index in [1.165, 1.54) is 0 Å². The zero-order valence-corrected chi connectivity index (χ0v) is 15.3. The molecule has 0 aliphatic carbocycles. The van der Waals surface area contributed by atoms with Gasteiger partial charge in [0.25, 0.3) is 5.91 Å². The summed E-state index contributed by atoms with van der Waals surface area (Å²) in [5.41, 5.74) is 2.25. The largest absolute Gasteiger partial charge is 0.496 e. The number of carbonyl (C=O) groups excluding carboxylic acids is 2. The molecule has 136 valence electrons. The maximum absolute atomic E-state index is 12.2. The lowest BCUT2D eigenvalue weighted by Gasteiger charge is -2.39. The van der Waals surface area contributed by atoms with E-state index in [1.54, 1.807) is 7.11 Å². The van der Waals surface area contributed by atoms with Crippen molar-refractivity contribution in [3.8, 4) is 5.75 Å². The molecule has 25 heavy (non-hydrogen) atoms. The van der Waals surface area contributed by atoms with Crippen molar-refractivity contribution in [2.45, 2.75) is 45.7 Å². The third kappa shape index (κ3) is 3.20. The molecule has 3 rings (SSSR count). The summed E-state index contributed by atoms with van der Waals surface area (Å²) in [5, 5.41) is 5.17. The van der Waals surface area contributed by atoms with Crippen molar-refractivity contribution in [2.24, 2.45) is 5.92 Å². The second kappa shape index (κ2) is 6.63. The Labute approximate surface area is 148 Å². The average molecular weight is 346 g/mol. The first kappa shape index (κ1) is 17.7. The van der Waals surface area contributed by atoms with Gasteiger partial charge in [0.15, 0.2) is 0 Å². The molecule has 7 nitrogen and oxygen atoms in total. The number of urea groups is 1. The van der Waals surface area contributed by atoms with E-state index in [0.29, 0.717) is 6.54 Å². The molecule has 2 atom stereocenters. The van der Waals surface area contributed by atoms with Gasteiger partial charge in [-0.25, -0.2) is 4.79 Å². The van der Waals surface area contributed by atoms with Crippen LogP contribution >= 0.6 is 0 Å². The van der Waals surface area contributed by atoms with Gasteiger partial charge < -0.3 is 10.1 Å². The number of methoxy groups -OCH3 is 1. The summed E-state index contributed by atoms with van der Waals surface area (Å²) < 4.78 is 5.49. The number of imide groups is 1. The Hall–Kier alpha value is -2.15. The summed E-state index contributed by atoms with van der Waals surface area (Å²) in [7, 11) is 1.68. The monoisotopic (exact) mass is 346 g/mol. The Kier molecular flexibility index (Phi) is 4.69. The van der Waals surface area contributed by atoms with Crippen LogP contribution in [0.3, 0.4) is 0 Å². The first-order valence-corrected chi connectivity index (χ1v) is 8.70. The third-order valence-corrected chi connectivity index (χ3v) is 5.52. The molecule has 1 aromatic rings. The predicted octanol–water partition coefficient (Wildman–Crippen LogP) is 1.52. The van der Waals surface area contributed by atoms with E-state index in [1.807, 2.05) is 27.0 Å². The number of aryl methyl sites for hydroxylation is 1. The summed E-state index contributed by atoms with van der Waals surface area (Å²) in [4.78, 5) is 30.6. The van der Waals surface area contributed by atoms with E-state index in [4.69, 9.17) is 4.74 Å². The molecule has 0 aromatic carbocycles. The number of nitrogens with zero attached hydrogens (tertiary/aromatic N) is 2. The van der Waals surface area contributed by atoms with Gasteiger partial charge in [-0.2, -0.15) is 0 Å². The van der Waals surface area contributed by atoms with E-state index in [0.717, 1.165) is 48.5 Å². The molecule has 0 spiro atoms. The average Bonchev–Trinajstić information content (AvgIpc) is 2.84. The van der Waals surface area contributed by atoms with Crippen LogP contribution in [0.4, 0.5) is 4.79 Å². The van der Waals surface area contributed by atoms with Crippen molar-refractivity contribution in [1.29, 1.82) is 0 Å². The van der Waals surface area contributed by atoms with Crippen molar-refractivity contribution in [2.75, 3.05) is 20.2 Å². The number of rotatable bonds is 4. The van der Waals surface area contributed by atoms with Crippen molar-refractivity contribution in [3.05, 3.63) is 23.0 Å². The number of likely N-dealkylation sites (tertiary alicyclic amines) is 1. The molecule has 0 bridgehead atoms. The Balaban J connectivity index is 1.75. The normalized spacial score (nSPS) is 27.1. The first-order valence-electron chi connectivity index (χ1n) is 8.70. The minimum atomic E-state index is -0.830. The van der Waals surface area contributed by atoms with Crippen LogP contribution in [-0.2, 0) is 11.3 Å². The second-order valence-corrected chi connectivity index (χ2v) is 7.23. The van der Waals surface area contributed by atoms with E-state index in [-0.39, 0.29) is 11.8 Å². The molecule has 1 aromatic heterocycles. The molecule has 2 aliphatic rings. The number of amides is 3. The SMILES string of the molecule is COc1c(C)cnc(CN2CCC[C@H]([C@]3(C)NC(=O)NC3=O)C2)c1C. The molecular weight excluding hydrogens is 320 g/mol. The standard InChI is InChI=1S/C18H26N4O3/c1-11-8-19-14(12(2)15(11)25-4)10-22-7-5-6-13(9-22)18(3)16(23)20-17(24)21-18/h8,13H,5-7,9-10H2,1-4H3,(H2,20,21,23,24)/t13-,18-/m0/s1. The van der Waals surface area contributed by atoms with Crippen LogP contribution in [0, 0.1) is 19.8 Å². The highest BCUT2D eigenvalue weighted by atomic mass is 16.5. The Morgan fingerprint density at radius 3 is 2.80 bits per heavy atom. The van der Waals surface area contributed by atoms with Crippen LogP contribution in [0.1, 0.15) is 36.6 Å². The van der Waals surface area contributed by atoms with Crippen molar-refractivity contribution >= 4 is 11.9 Å². The molecule has 0 radical (unpaired) electrons. The topological polar surface area (TPSA) is 83.6 Å². The summed E-state index contributed by atoms with van der Waals surface area (Å²) >= 11 is 0. The van der Waals surface area contributed by atoms with Crippen molar-refractivity contribution in [3.63, 3.8) is 0 Å². The van der Waals surface area contributed by atoms with Gasteiger partial charge in [-0.3, -0.25) is 20.0 Å². The summed E-state index contributed by atoms with van der Waals surface area (Å²) in [6.45, 7) is 8.26. The van der Waals surface area contributed by atoms with Crippen LogP contribution in [0.2, 0.25) is 0 Å². The van der Waals surface area contributed by atoms with Gasteiger partial charge >= 0.3 is 6.03 Å². The van der Waals surface area contributed by atoms with Crippen LogP contribution in [0.15, 0.2) is 6.20 Å². The number of hydrogen-bond donors (Lipinski definition) is 2. The predicted molar refractivity (Wildman–Crippen MR) is 93.3 cm³/mol. The Bertz CT molecular complexity index is 706. The molecule has 2 N–H and O–H groups in total. The van der Waals surface area contributed by atoms with Gasteiger partial charge in [0.05, 0.1) is 12.8 Å². The zero-order valence-electron chi connectivity index (χ0n) is 15.3. The quantitative estimate of drug-likeness (QED) is 0.808. The van der Waals surface area contributed by atoms with E-state index >= 15 is 0 Å². The van der Waals surface area contributed by atoms with E-state index in [9.17, 15) is 9.59 Å². The van der Waals surface area contributed by atoms with Crippen LogP contribution in [-0.4, -0.2) is 47.6 Å². The maximum Gasteiger partial charge on any atom is 0.322 e. The highest BCUT2D eigenvalue weighted by Crippen LogP contribution is 2.31. The highest BCUT2D eigenvalue weighted by molar-refractivity contribution is 6.07. The number of hydrogen-bond acceptors (Lipinski definition) is 5. The number of piperidine rings is 1. The molecule has 0 unspecified atom stereocenters. The number of aromatic nitrogens is 1. The molecule has 7 heteroatoms. The number of carbonyl (C=O) groups is 2. The number of nitrogens with one attached hydrogen (secondary N) is 2. The second-order valence-electron chi connectivity index (χ2n) is 7.23. The van der Waals surface area contributed by atoms with Gasteiger partial charge in [0.2, 0.25) is 0 Å². The van der Waals surface area contributed by atoms with Crippen LogP contribution in [0.25, 0.3) is 0 Å². The number of pyridine rings is 1. The fraction of sp³-hybridized carbons (Fsp3) is 0.611. The number of ether oxygens (including phenoxy) is 1. The fourth-order valence-corrected chi connectivity index (χ4v) is 3.96. The molecule has 2 aliphatic heterocycles. The lowest BCUT2D eigenvalue weighted by molar-refractivity contribution is -0.126. The minimum Gasteiger partial charge on any atom is -0.496 e. The lowest BCUT2D eigenvalue weighted by atomic mass is 9.80. The molecule has 3 heterocycles. The van der Waals surface area contributed by atoms with Gasteiger partial charge in [-0.1, -0.05) is 0 Å². The van der Waals surface area contributed by atoms with E-state index < -0.39 is 11.6 Å². The van der Waals surface area contributed by atoms with Crippen LogP contribution in [0.5, 0.6) is 5.75 Å². The van der Waals surface area contributed by atoms with Crippen molar-refractivity contribution < 1.29 is 14.3 Å². The third-order valence-electron chi connectivity index (χ3n) is 5.52. The smallest absolute Gasteiger partial charge is 0.322 e. The Morgan fingerprint density at radius 2 is 2.16 bits per heavy atom. The van der Waals surface area contributed by atoms with Gasteiger partial charge in [0, 0.05) is 36.3 Å².